The van der Waals surface area contributed by atoms with Gasteiger partial charge in [0.25, 0.3) is 10.2 Å². The van der Waals surface area contributed by atoms with E-state index in [2.05, 4.69) is 27.1 Å². The molecule has 1 aromatic rings. The highest BCUT2D eigenvalue weighted by Gasteiger charge is 2.28. The van der Waals surface area contributed by atoms with Crippen LogP contribution in [-0.4, -0.2) is 49.8 Å². The molecule has 2 saturated heterocycles. The fraction of sp³-hybridized carbons (Fsp3) is 0.750. The van der Waals surface area contributed by atoms with Crippen LogP contribution < -0.4 is 4.72 Å². The van der Waals surface area contributed by atoms with Gasteiger partial charge in [-0.25, -0.2) is 0 Å². The normalized spacial score (nSPS) is 25.3. The summed E-state index contributed by atoms with van der Waals surface area (Å²) < 4.78 is 29.9. The van der Waals surface area contributed by atoms with Gasteiger partial charge in [-0.05, 0) is 43.7 Å². The standard InChI is InChI=1S/C16H27N3O2S2/c20-23(21,19-10-3-1-2-4-11-19)17-15-7-5-9-18(13-15)14-16-8-6-12-22-16/h6,8,12,15,17H,1-5,7,9-11,13-14H2. The molecule has 1 N–H and O–H groups in total. The second-order valence-corrected chi connectivity index (χ2v) is 9.32. The lowest BCUT2D eigenvalue weighted by Gasteiger charge is -2.34. The van der Waals surface area contributed by atoms with Crippen LogP contribution in [0.3, 0.4) is 0 Å². The molecule has 0 bridgehead atoms. The predicted octanol–water partition coefficient (Wildman–Crippen LogP) is 2.42. The quantitative estimate of drug-likeness (QED) is 0.880. The zero-order valence-electron chi connectivity index (χ0n) is 13.6. The maximum Gasteiger partial charge on any atom is 0.279 e. The third-order valence-electron chi connectivity index (χ3n) is 4.69. The van der Waals surface area contributed by atoms with Crippen LogP contribution in [0.15, 0.2) is 17.5 Å². The van der Waals surface area contributed by atoms with Gasteiger partial charge >= 0.3 is 0 Å². The number of piperidine rings is 1. The number of likely N-dealkylation sites (tertiary alicyclic amines) is 1. The van der Waals surface area contributed by atoms with Crippen molar-refractivity contribution in [1.29, 1.82) is 0 Å². The topological polar surface area (TPSA) is 52.7 Å². The summed E-state index contributed by atoms with van der Waals surface area (Å²) in [6, 6.07) is 4.26. The van der Waals surface area contributed by atoms with Gasteiger partial charge in [0.15, 0.2) is 0 Å². The molecule has 23 heavy (non-hydrogen) atoms. The minimum atomic E-state index is -3.33. The van der Waals surface area contributed by atoms with Gasteiger partial charge in [0, 0.05) is 37.1 Å². The highest BCUT2D eigenvalue weighted by atomic mass is 32.2. The number of rotatable bonds is 5. The van der Waals surface area contributed by atoms with E-state index >= 15 is 0 Å². The Hall–Kier alpha value is -0.470. The van der Waals surface area contributed by atoms with E-state index in [0.717, 1.165) is 58.2 Å². The van der Waals surface area contributed by atoms with E-state index in [4.69, 9.17) is 0 Å². The Labute approximate surface area is 143 Å². The molecule has 0 aromatic carbocycles. The van der Waals surface area contributed by atoms with Crippen molar-refractivity contribution in [2.75, 3.05) is 26.2 Å². The Morgan fingerprint density at radius 2 is 1.91 bits per heavy atom. The maximum absolute atomic E-state index is 12.6. The van der Waals surface area contributed by atoms with Crippen molar-refractivity contribution >= 4 is 21.5 Å². The zero-order valence-corrected chi connectivity index (χ0v) is 15.2. The number of nitrogens with zero attached hydrogens (tertiary/aromatic N) is 2. The highest BCUT2D eigenvalue weighted by molar-refractivity contribution is 7.87. The minimum Gasteiger partial charge on any atom is -0.297 e. The van der Waals surface area contributed by atoms with Gasteiger partial charge in [-0.3, -0.25) is 4.90 Å². The van der Waals surface area contributed by atoms with E-state index in [-0.39, 0.29) is 6.04 Å². The molecule has 0 spiro atoms. The molecular formula is C16H27N3O2S2. The van der Waals surface area contributed by atoms with E-state index in [1.165, 1.54) is 4.88 Å². The first-order chi connectivity index (χ1) is 11.1. The molecule has 7 heteroatoms. The van der Waals surface area contributed by atoms with E-state index < -0.39 is 10.2 Å². The van der Waals surface area contributed by atoms with E-state index in [1.54, 1.807) is 15.6 Å². The molecule has 5 nitrogen and oxygen atoms in total. The van der Waals surface area contributed by atoms with Crippen LogP contribution >= 0.6 is 11.3 Å². The number of nitrogens with one attached hydrogen (secondary N) is 1. The van der Waals surface area contributed by atoms with Crippen LogP contribution in [0, 0.1) is 0 Å². The van der Waals surface area contributed by atoms with E-state index in [0.29, 0.717) is 13.1 Å². The number of hydrogen-bond donors (Lipinski definition) is 1. The van der Waals surface area contributed by atoms with Crippen LogP contribution in [0.4, 0.5) is 0 Å². The number of thiophene rings is 1. The largest absolute Gasteiger partial charge is 0.297 e. The van der Waals surface area contributed by atoms with Gasteiger partial charge in [-0.15, -0.1) is 11.3 Å². The zero-order chi connectivity index (χ0) is 16.1. The maximum atomic E-state index is 12.6. The Morgan fingerprint density at radius 3 is 2.61 bits per heavy atom. The van der Waals surface area contributed by atoms with Crippen LogP contribution in [0.25, 0.3) is 0 Å². The molecule has 1 atom stereocenters. The summed E-state index contributed by atoms with van der Waals surface area (Å²) in [7, 11) is -3.33. The summed E-state index contributed by atoms with van der Waals surface area (Å²) in [6.45, 7) is 4.13. The highest BCUT2D eigenvalue weighted by Crippen LogP contribution is 2.18. The lowest BCUT2D eigenvalue weighted by atomic mass is 10.1. The van der Waals surface area contributed by atoms with Crippen molar-refractivity contribution in [3.8, 4) is 0 Å². The van der Waals surface area contributed by atoms with Crippen molar-refractivity contribution in [2.45, 2.75) is 51.1 Å². The predicted molar refractivity (Wildman–Crippen MR) is 94.7 cm³/mol. The summed E-state index contributed by atoms with van der Waals surface area (Å²) in [5.74, 6) is 0. The summed E-state index contributed by atoms with van der Waals surface area (Å²) >= 11 is 1.77. The fourth-order valence-electron chi connectivity index (χ4n) is 3.49. The van der Waals surface area contributed by atoms with Crippen molar-refractivity contribution < 1.29 is 8.42 Å². The molecule has 1 aromatic heterocycles. The molecule has 2 fully saturated rings. The monoisotopic (exact) mass is 357 g/mol. The van der Waals surface area contributed by atoms with Gasteiger partial charge in [-0.1, -0.05) is 18.9 Å². The molecule has 3 rings (SSSR count). The van der Waals surface area contributed by atoms with Crippen molar-refractivity contribution in [3.63, 3.8) is 0 Å². The molecule has 130 valence electrons. The Kier molecular flexibility index (Phi) is 6.09. The molecule has 0 aliphatic carbocycles. The average molecular weight is 358 g/mol. The second-order valence-electron chi connectivity index (χ2n) is 6.59. The van der Waals surface area contributed by atoms with Crippen LogP contribution in [0.1, 0.15) is 43.4 Å². The molecule has 3 heterocycles. The molecule has 0 amide bonds. The third kappa shape index (κ3) is 5.00. The Bertz CT molecular complexity index is 566. The summed E-state index contributed by atoms with van der Waals surface area (Å²) in [5, 5.41) is 2.10. The average Bonchev–Trinajstić information content (AvgIpc) is 2.86. The Balaban J connectivity index is 1.55. The van der Waals surface area contributed by atoms with Crippen molar-refractivity contribution in [1.82, 2.24) is 13.9 Å². The SMILES string of the molecule is O=S(=O)(NC1CCCN(Cc2cccs2)C1)N1CCCCCC1. The van der Waals surface area contributed by atoms with Crippen LogP contribution in [0.5, 0.6) is 0 Å². The molecule has 2 aliphatic rings. The van der Waals surface area contributed by atoms with Crippen LogP contribution in [-0.2, 0) is 16.8 Å². The van der Waals surface area contributed by atoms with Crippen LogP contribution in [0.2, 0.25) is 0 Å². The van der Waals surface area contributed by atoms with E-state index in [9.17, 15) is 8.42 Å². The second kappa shape index (κ2) is 8.07. The fourth-order valence-corrected chi connectivity index (χ4v) is 5.73. The molecular weight excluding hydrogens is 330 g/mol. The van der Waals surface area contributed by atoms with Crippen molar-refractivity contribution in [2.24, 2.45) is 0 Å². The van der Waals surface area contributed by atoms with Gasteiger partial charge in [0.05, 0.1) is 0 Å². The van der Waals surface area contributed by atoms with E-state index in [1.807, 2.05) is 0 Å². The molecule has 0 saturated carbocycles. The summed E-state index contributed by atoms with van der Waals surface area (Å²) in [5.41, 5.74) is 0. The van der Waals surface area contributed by atoms with Crippen molar-refractivity contribution in [3.05, 3.63) is 22.4 Å². The first kappa shape index (κ1) is 17.4. The molecule has 1 unspecified atom stereocenters. The van der Waals surface area contributed by atoms with Gasteiger partial charge < -0.3 is 0 Å². The third-order valence-corrected chi connectivity index (χ3v) is 7.22. The van der Waals surface area contributed by atoms with Gasteiger partial charge in [-0.2, -0.15) is 17.4 Å². The van der Waals surface area contributed by atoms with Gasteiger partial charge in [0.1, 0.15) is 0 Å². The van der Waals surface area contributed by atoms with Gasteiger partial charge in [0.2, 0.25) is 0 Å². The minimum absolute atomic E-state index is 0.0389. The number of hydrogen-bond acceptors (Lipinski definition) is 4. The Morgan fingerprint density at radius 1 is 1.13 bits per heavy atom. The lowest BCUT2D eigenvalue weighted by molar-refractivity contribution is 0.194. The molecule has 0 radical (unpaired) electrons. The summed E-state index contributed by atoms with van der Waals surface area (Å²) in [6.07, 6.45) is 6.24. The first-order valence-corrected chi connectivity index (χ1v) is 11.0. The smallest absolute Gasteiger partial charge is 0.279 e. The molecule has 2 aliphatic heterocycles. The first-order valence-electron chi connectivity index (χ1n) is 8.66. The summed E-state index contributed by atoms with van der Waals surface area (Å²) in [4.78, 5) is 3.71. The lowest BCUT2D eigenvalue weighted by Crippen LogP contribution is -2.51.